The van der Waals surface area contributed by atoms with E-state index in [2.05, 4.69) is 4.90 Å². The smallest absolute Gasteiger partial charge is 0.436 e. The van der Waals surface area contributed by atoms with Crippen LogP contribution in [0.1, 0.15) is 0 Å². The van der Waals surface area contributed by atoms with Crippen LogP contribution in [0.4, 0.5) is 5.69 Å². The number of methoxy groups -OCH3 is 1. The summed E-state index contributed by atoms with van der Waals surface area (Å²) < 4.78 is 5.30. The molecule has 0 radical (unpaired) electrons. The van der Waals surface area contributed by atoms with Gasteiger partial charge in [0.05, 0.1) is 25.9 Å². The lowest BCUT2D eigenvalue weighted by molar-refractivity contribution is -0.198. The molecule has 1 aliphatic rings. The van der Waals surface area contributed by atoms with Gasteiger partial charge in [-0.1, -0.05) is 12.1 Å². The summed E-state index contributed by atoms with van der Waals surface area (Å²) >= 11 is 0. The van der Waals surface area contributed by atoms with Crippen LogP contribution in [0.25, 0.3) is 0 Å². The summed E-state index contributed by atoms with van der Waals surface area (Å²) in [7, 11) is 1.61. The third-order valence-corrected chi connectivity index (χ3v) is 3.05. The van der Waals surface area contributed by atoms with Crippen molar-refractivity contribution < 1.29 is 24.3 Å². The molecule has 1 aromatic rings. The Hall–Kier alpha value is -2.28. The molecule has 108 valence electrons. The molecule has 0 aromatic heterocycles. The highest BCUT2D eigenvalue weighted by molar-refractivity contribution is 6.28. The Morgan fingerprint density at radius 1 is 1.15 bits per heavy atom. The van der Waals surface area contributed by atoms with Gasteiger partial charge in [0.2, 0.25) is 0 Å². The van der Waals surface area contributed by atoms with Gasteiger partial charge in [-0.05, 0) is 12.1 Å². The number of nitrogens with zero attached hydrogens (tertiary/aromatic N) is 2. The second kappa shape index (κ2) is 6.25. The number of hydroxylamine groups is 2. The molecule has 0 aliphatic carbocycles. The first kappa shape index (κ1) is 14.1. The highest BCUT2D eigenvalue weighted by atomic mass is 16.7. The summed E-state index contributed by atoms with van der Waals surface area (Å²) in [6.07, 6.45) is 0. The molecule has 1 saturated heterocycles. The zero-order valence-corrected chi connectivity index (χ0v) is 11.1. The maximum absolute atomic E-state index is 11.0. The average molecular weight is 280 g/mol. The number of piperazine rings is 1. The predicted octanol–water partition coefficient (Wildman–Crippen LogP) is 0.360. The van der Waals surface area contributed by atoms with Crippen molar-refractivity contribution in [3.05, 3.63) is 24.3 Å². The Morgan fingerprint density at radius 3 is 2.40 bits per heavy atom. The van der Waals surface area contributed by atoms with Crippen molar-refractivity contribution in [1.82, 2.24) is 5.06 Å². The number of carboxylic acid groups (broad SMARTS) is 1. The van der Waals surface area contributed by atoms with Gasteiger partial charge in [-0.15, -0.1) is 5.06 Å². The lowest BCUT2D eigenvalue weighted by Gasteiger charge is -2.34. The summed E-state index contributed by atoms with van der Waals surface area (Å²) in [5.41, 5.74) is 0.971. The van der Waals surface area contributed by atoms with Crippen LogP contribution >= 0.6 is 0 Å². The van der Waals surface area contributed by atoms with Crippen molar-refractivity contribution in [2.75, 3.05) is 38.2 Å². The van der Waals surface area contributed by atoms with E-state index >= 15 is 0 Å². The van der Waals surface area contributed by atoms with Gasteiger partial charge in [0.15, 0.2) is 0 Å². The number of hydrogen-bond acceptors (Lipinski definition) is 6. The molecule has 0 saturated carbocycles. The topological polar surface area (TPSA) is 79.3 Å². The van der Waals surface area contributed by atoms with Crippen LogP contribution in [-0.2, 0) is 14.4 Å². The zero-order valence-electron chi connectivity index (χ0n) is 11.1. The zero-order chi connectivity index (χ0) is 14.5. The molecule has 0 spiro atoms. The maximum atomic E-state index is 11.0. The summed E-state index contributed by atoms with van der Waals surface area (Å²) in [6.45, 7) is 2.12. The van der Waals surface area contributed by atoms with E-state index in [1.165, 1.54) is 5.06 Å². The number of anilines is 1. The SMILES string of the molecule is COc1ccccc1N1CCN(OC(=O)C(=O)O)CC1. The van der Waals surface area contributed by atoms with Gasteiger partial charge in [-0.25, -0.2) is 9.59 Å². The molecule has 0 amide bonds. The standard InChI is InChI=1S/C13H16N2O5/c1-19-11-5-3-2-4-10(11)14-6-8-15(9-7-14)20-13(18)12(16)17/h2-5H,6-9H2,1H3,(H,16,17). The number of benzene rings is 1. The largest absolute Gasteiger partial charge is 0.495 e. The van der Waals surface area contributed by atoms with Gasteiger partial charge < -0.3 is 19.6 Å². The van der Waals surface area contributed by atoms with E-state index in [1.807, 2.05) is 24.3 Å². The molecular weight excluding hydrogens is 264 g/mol. The molecule has 1 aliphatic heterocycles. The molecule has 0 unspecified atom stereocenters. The second-order valence-corrected chi connectivity index (χ2v) is 4.27. The van der Waals surface area contributed by atoms with Crippen LogP contribution in [-0.4, -0.2) is 55.4 Å². The van der Waals surface area contributed by atoms with Crippen molar-refractivity contribution in [2.24, 2.45) is 0 Å². The van der Waals surface area contributed by atoms with Gasteiger partial charge in [0.1, 0.15) is 5.75 Å². The lowest BCUT2D eigenvalue weighted by atomic mass is 10.2. The van der Waals surface area contributed by atoms with Crippen LogP contribution < -0.4 is 9.64 Å². The van der Waals surface area contributed by atoms with E-state index in [9.17, 15) is 9.59 Å². The van der Waals surface area contributed by atoms with E-state index < -0.39 is 11.9 Å². The minimum atomic E-state index is -1.59. The molecular formula is C13H16N2O5. The van der Waals surface area contributed by atoms with Crippen molar-refractivity contribution in [2.45, 2.75) is 0 Å². The Bertz CT molecular complexity index is 497. The van der Waals surface area contributed by atoms with E-state index in [1.54, 1.807) is 7.11 Å². The molecule has 1 fully saturated rings. The highest BCUT2D eigenvalue weighted by Gasteiger charge is 2.24. The quantitative estimate of drug-likeness (QED) is 0.801. The third-order valence-electron chi connectivity index (χ3n) is 3.05. The lowest BCUT2D eigenvalue weighted by Crippen LogP contribution is -2.47. The van der Waals surface area contributed by atoms with Crippen LogP contribution in [0.5, 0.6) is 5.75 Å². The molecule has 20 heavy (non-hydrogen) atoms. The number of para-hydroxylation sites is 2. The fraction of sp³-hybridized carbons (Fsp3) is 0.385. The van der Waals surface area contributed by atoms with Crippen molar-refractivity contribution in [3.63, 3.8) is 0 Å². The van der Waals surface area contributed by atoms with E-state index in [-0.39, 0.29) is 0 Å². The van der Waals surface area contributed by atoms with Crippen LogP contribution in [0, 0.1) is 0 Å². The number of rotatable bonds is 3. The summed E-state index contributed by atoms with van der Waals surface area (Å²) in [4.78, 5) is 28.2. The Kier molecular flexibility index (Phi) is 4.41. The Morgan fingerprint density at radius 2 is 1.80 bits per heavy atom. The van der Waals surface area contributed by atoms with E-state index in [4.69, 9.17) is 14.7 Å². The summed E-state index contributed by atoms with van der Waals surface area (Å²) in [5, 5.41) is 9.85. The van der Waals surface area contributed by atoms with E-state index in [0.29, 0.717) is 26.2 Å². The first-order chi connectivity index (χ1) is 9.61. The number of ether oxygens (including phenoxy) is 1. The van der Waals surface area contributed by atoms with E-state index in [0.717, 1.165) is 11.4 Å². The molecule has 0 bridgehead atoms. The number of carbonyl (C=O) groups is 2. The highest BCUT2D eigenvalue weighted by Crippen LogP contribution is 2.28. The predicted molar refractivity (Wildman–Crippen MR) is 70.5 cm³/mol. The minimum Gasteiger partial charge on any atom is -0.495 e. The monoisotopic (exact) mass is 280 g/mol. The van der Waals surface area contributed by atoms with Gasteiger partial charge >= 0.3 is 11.9 Å². The second-order valence-electron chi connectivity index (χ2n) is 4.27. The van der Waals surface area contributed by atoms with Crippen molar-refractivity contribution in [1.29, 1.82) is 0 Å². The normalized spacial score (nSPS) is 15.8. The molecule has 7 nitrogen and oxygen atoms in total. The number of hydrogen-bond donors (Lipinski definition) is 1. The fourth-order valence-corrected chi connectivity index (χ4v) is 2.07. The summed E-state index contributed by atoms with van der Waals surface area (Å²) in [5.74, 6) is -2.06. The third kappa shape index (κ3) is 3.18. The van der Waals surface area contributed by atoms with Crippen LogP contribution in [0.2, 0.25) is 0 Å². The molecule has 2 rings (SSSR count). The van der Waals surface area contributed by atoms with Crippen molar-refractivity contribution in [3.8, 4) is 5.75 Å². The summed E-state index contributed by atoms with van der Waals surface area (Å²) in [6, 6.07) is 7.66. The van der Waals surface area contributed by atoms with Crippen LogP contribution in [0.15, 0.2) is 24.3 Å². The van der Waals surface area contributed by atoms with Gasteiger partial charge in [0, 0.05) is 13.1 Å². The van der Waals surface area contributed by atoms with Gasteiger partial charge in [-0.3, -0.25) is 0 Å². The first-order valence-corrected chi connectivity index (χ1v) is 6.20. The van der Waals surface area contributed by atoms with Gasteiger partial charge in [0.25, 0.3) is 0 Å². The van der Waals surface area contributed by atoms with Gasteiger partial charge in [-0.2, -0.15) is 0 Å². The molecule has 1 heterocycles. The van der Waals surface area contributed by atoms with Crippen LogP contribution in [0.3, 0.4) is 0 Å². The molecule has 0 atom stereocenters. The average Bonchev–Trinajstić information content (AvgIpc) is 2.48. The maximum Gasteiger partial charge on any atom is 0.436 e. The Labute approximate surface area is 116 Å². The fourth-order valence-electron chi connectivity index (χ4n) is 2.07. The van der Waals surface area contributed by atoms with Crippen molar-refractivity contribution >= 4 is 17.6 Å². The molecule has 1 aromatic carbocycles. The number of carbonyl (C=O) groups excluding carboxylic acids is 1. The Balaban J connectivity index is 1.94. The molecule has 7 heteroatoms. The first-order valence-electron chi connectivity index (χ1n) is 6.20. The minimum absolute atomic E-state index is 0.442. The number of carboxylic acids is 1. The molecule has 1 N–H and O–H groups in total. The number of aliphatic carboxylic acids is 1.